The van der Waals surface area contributed by atoms with Crippen LogP contribution in [0.5, 0.6) is 0 Å². The van der Waals surface area contributed by atoms with Crippen molar-refractivity contribution < 1.29 is 14.9 Å². The van der Waals surface area contributed by atoms with Crippen LogP contribution in [0.3, 0.4) is 0 Å². The fraction of sp³-hybridized carbons (Fsp3) is 0.500. The number of nitrogens with zero attached hydrogens (tertiary/aromatic N) is 3. The smallest absolute Gasteiger partial charge is 0.200 e. The minimum Gasteiger partial charge on any atom is -0.394 e. The number of aromatic amines is 1. The van der Waals surface area contributed by atoms with Crippen molar-refractivity contribution in [3.8, 4) is 0 Å². The number of aromatic nitrogens is 4. The number of ether oxygens (including phenoxy) is 1. The molecule has 1 aliphatic heterocycles. The number of nitrogens with two attached hydrogens (primary N) is 1. The Morgan fingerprint density at radius 3 is 3.11 bits per heavy atom. The number of aliphatic hydroxyl groups is 2. The first-order valence-corrected chi connectivity index (χ1v) is 6.17. The quantitative estimate of drug-likeness (QED) is 0.559. The van der Waals surface area contributed by atoms with Crippen molar-refractivity contribution in [2.24, 2.45) is 0 Å². The van der Waals surface area contributed by atoms with Gasteiger partial charge >= 0.3 is 0 Å². The van der Waals surface area contributed by atoms with Gasteiger partial charge in [0.1, 0.15) is 17.3 Å². The molecule has 0 radical (unpaired) electrons. The molecule has 19 heavy (non-hydrogen) atoms. The third-order valence-corrected chi connectivity index (χ3v) is 3.39. The first-order chi connectivity index (χ1) is 9.10. The lowest BCUT2D eigenvalue weighted by molar-refractivity contribution is -0.0486. The number of rotatable bonds is 2. The number of nitrogens with one attached hydrogen (secondary N) is 1. The number of imidazole rings is 1. The van der Waals surface area contributed by atoms with Gasteiger partial charge < -0.3 is 25.7 Å². The van der Waals surface area contributed by atoms with Crippen LogP contribution in [0.1, 0.15) is 12.6 Å². The predicted molar refractivity (Wildman–Crippen MR) is 68.7 cm³/mol. The molecule has 9 heteroatoms. The second kappa shape index (κ2) is 4.53. The molecule has 3 rings (SSSR count). The molecular weight excluding hydrogens is 270 g/mol. The first-order valence-electron chi connectivity index (χ1n) is 5.77. The molecule has 0 aromatic carbocycles. The maximum Gasteiger partial charge on any atom is 0.200 e. The van der Waals surface area contributed by atoms with Crippen LogP contribution in [-0.4, -0.2) is 48.5 Å². The number of hydrogen-bond donors (Lipinski definition) is 4. The first kappa shape index (κ1) is 12.5. The fourth-order valence-electron chi connectivity index (χ4n) is 2.24. The minimum atomic E-state index is -0.731. The van der Waals surface area contributed by atoms with E-state index in [1.54, 1.807) is 4.57 Å². The Morgan fingerprint density at radius 1 is 1.63 bits per heavy atom. The normalized spacial score (nSPS) is 27.2. The molecule has 0 unspecified atom stereocenters. The summed E-state index contributed by atoms with van der Waals surface area (Å²) in [7, 11) is 0. The zero-order valence-electron chi connectivity index (χ0n) is 9.85. The lowest BCUT2D eigenvalue weighted by Crippen LogP contribution is -2.19. The Kier molecular flexibility index (Phi) is 2.97. The highest BCUT2D eigenvalue weighted by molar-refractivity contribution is 7.71. The molecule has 5 N–H and O–H groups in total. The average molecular weight is 283 g/mol. The molecule has 8 nitrogen and oxygen atoms in total. The zero-order chi connectivity index (χ0) is 13.6. The van der Waals surface area contributed by atoms with Crippen LogP contribution in [0.2, 0.25) is 0 Å². The largest absolute Gasteiger partial charge is 0.394 e. The molecule has 3 heterocycles. The van der Waals surface area contributed by atoms with Gasteiger partial charge in [-0.25, -0.2) is 9.97 Å². The van der Waals surface area contributed by atoms with E-state index in [2.05, 4.69) is 15.0 Å². The van der Waals surface area contributed by atoms with Crippen molar-refractivity contribution in [2.75, 3.05) is 12.3 Å². The predicted octanol–water partition coefficient (Wildman–Crippen LogP) is -0.288. The zero-order valence-corrected chi connectivity index (χ0v) is 10.7. The van der Waals surface area contributed by atoms with E-state index in [0.29, 0.717) is 17.6 Å². The number of nitrogen functional groups attached to an aromatic ring is 1. The summed E-state index contributed by atoms with van der Waals surface area (Å²) in [6.45, 7) is -0.139. The van der Waals surface area contributed by atoms with Gasteiger partial charge in [0.2, 0.25) is 0 Å². The molecule has 102 valence electrons. The van der Waals surface area contributed by atoms with Crippen LogP contribution in [0.15, 0.2) is 6.33 Å². The van der Waals surface area contributed by atoms with Gasteiger partial charge in [0.15, 0.2) is 16.8 Å². The van der Waals surface area contributed by atoms with E-state index >= 15 is 0 Å². The Hall–Kier alpha value is -1.55. The molecule has 0 bridgehead atoms. The molecule has 2 aromatic heterocycles. The number of aliphatic hydroxyl groups excluding tert-OH is 2. The number of anilines is 1. The fourth-order valence-corrected chi connectivity index (χ4v) is 2.49. The van der Waals surface area contributed by atoms with Crippen molar-refractivity contribution in [2.45, 2.75) is 24.9 Å². The van der Waals surface area contributed by atoms with Crippen molar-refractivity contribution in [3.63, 3.8) is 0 Å². The van der Waals surface area contributed by atoms with Gasteiger partial charge in [-0.15, -0.1) is 0 Å². The SMILES string of the molecule is Nc1nc(=S)c2ncn([C@@H]3O[C@@H](CO)C[C@@H]3O)c2[nH]1. The Bertz CT molecular complexity index is 669. The number of H-pyrrole nitrogens is 1. The molecule has 0 aliphatic carbocycles. The van der Waals surface area contributed by atoms with Gasteiger partial charge in [-0.05, 0) is 0 Å². The number of fused-ring (bicyclic) bond motifs is 1. The standard InChI is InChI=1S/C10H13N5O3S/c11-10-13-7-6(8(19)14-10)12-3-15(7)9-5(17)1-4(2-16)18-9/h3-5,9,16-17H,1-2H2,(H3,11,13,14,19)/t4-,5+,9-/m1/s1. The summed E-state index contributed by atoms with van der Waals surface area (Å²) in [4.78, 5) is 10.9. The molecule has 2 aromatic rings. The summed E-state index contributed by atoms with van der Waals surface area (Å²) < 4.78 is 7.47. The molecule has 1 saturated heterocycles. The summed E-state index contributed by atoms with van der Waals surface area (Å²) in [6, 6.07) is 0. The lowest BCUT2D eigenvalue weighted by Gasteiger charge is -2.16. The third kappa shape index (κ3) is 2.00. The highest BCUT2D eigenvalue weighted by Crippen LogP contribution is 2.30. The Morgan fingerprint density at radius 2 is 2.42 bits per heavy atom. The van der Waals surface area contributed by atoms with Gasteiger partial charge in [-0.3, -0.25) is 4.57 Å². The van der Waals surface area contributed by atoms with Gasteiger partial charge in [-0.1, -0.05) is 12.2 Å². The van der Waals surface area contributed by atoms with Crippen molar-refractivity contribution in [1.29, 1.82) is 0 Å². The van der Waals surface area contributed by atoms with E-state index in [-0.39, 0.29) is 23.3 Å². The second-order valence-electron chi connectivity index (χ2n) is 4.41. The van der Waals surface area contributed by atoms with Crippen LogP contribution >= 0.6 is 12.2 Å². The van der Waals surface area contributed by atoms with Gasteiger partial charge in [0.25, 0.3) is 0 Å². The summed E-state index contributed by atoms with van der Waals surface area (Å²) in [5.41, 5.74) is 6.66. The third-order valence-electron chi connectivity index (χ3n) is 3.11. The molecule has 0 spiro atoms. The summed E-state index contributed by atoms with van der Waals surface area (Å²) in [5, 5.41) is 19.1. The van der Waals surface area contributed by atoms with Crippen LogP contribution in [0.4, 0.5) is 5.95 Å². The van der Waals surface area contributed by atoms with E-state index in [9.17, 15) is 5.11 Å². The average Bonchev–Trinajstić information content (AvgIpc) is 2.92. The van der Waals surface area contributed by atoms with Crippen LogP contribution in [0.25, 0.3) is 11.2 Å². The maximum atomic E-state index is 9.99. The molecule has 3 atom stereocenters. The molecular formula is C10H13N5O3S. The van der Waals surface area contributed by atoms with Crippen molar-refractivity contribution >= 4 is 29.3 Å². The van der Waals surface area contributed by atoms with Crippen LogP contribution < -0.4 is 5.73 Å². The molecule has 0 amide bonds. The molecule has 1 fully saturated rings. The summed E-state index contributed by atoms with van der Waals surface area (Å²) in [5.74, 6) is 0.172. The Balaban J connectivity index is 2.09. The lowest BCUT2D eigenvalue weighted by atomic mass is 10.2. The topological polar surface area (TPSA) is 122 Å². The van der Waals surface area contributed by atoms with Crippen LogP contribution in [0, 0.1) is 4.64 Å². The summed E-state index contributed by atoms with van der Waals surface area (Å²) in [6.07, 6.45) is 0.119. The van der Waals surface area contributed by atoms with Crippen LogP contribution in [-0.2, 0) is 4.74 Å². The Labute approximate surface area is 112 Å². The van der Waals surface area contributed by atoms with E-state index in [0.717, 1.165) is 0 Å². The van der Waals surface area contributed by atoms with E-state index in [4.69, 9.17) is 27.8 Å². The highest BCUT2D eigenvalue weighted by atomic mass is 32.1. The van der Waals surface area contributed by atoms with Crippen molar-refractivity contribution in [1.82, 2.24) is 19.5 Å². The second-order valence-corrected chi connectivity index (χ2v) is 4.80. The highest BCUT2D eigenvalue weighted by Gasteiger charge is 2.35. The molecule has 1 aliphatic rings. The van der Waals surface area contributed by atoms with E-state index < -0.39 is 12.3 Å². The van der Waals surface area contributed by atoms with Gasteiger partial charge in [-0.2, -0.15) is 0 Å². The summed E-state index contributed by atoms with van der Waals surface area (Å²) >= 11 is 5.07. The van der Waals surface area contributed by atoms with Gasteiger partial charge in [0.05, 0.1) is 19.0 Å². The van der Waals surface area contributed by atoms with Crippen molar-refractivity contribution in [3.05, 3.63) is 11.0 Å². The monoisotopic (exact) mass is 283 g/mol. The number of hydrogen-bond acceptors (Lipinski definition) is 7. The maximum absolute atomic E-state index is 9.99. The minimum absolute atomic E-state index is 0.139. The van der Waals surface area contributed by atoms with E-state index in [1.807, 2.05) is 0 Å². The van der Waals surface area contributed by atoms with Gasteiger partial charge in [0, 0.05) is 6.42 Å². The molecule has 0 saturated carbocycles. The van der Waals surface area contributed by atoms with E-state index in [1.165, 1.54) is 6.33 Å².